The standard InChI is InChI=1S/C17H25FO2/c1-3-4-12-5-8-17(19)14(9-12)10-13-6-7-15(20-2)11-16(13)18/h6-7,11-12,14,17,19H,3-5,8-10H2,1-2H3. The number of hydrogen-bond acceptors (Lipinski definition) is 2. The zero-order valence-corrected chi connectivity index (χ0v) is 12.4. The molecular formula is C17H25FO2. The number of aliphatic hydroxyl groups is 1. The fourth-order valence-electron chi connectivity index (χ4n) is 3.34. The number of methoxy groups -OCH3 is 1. The predicted molar refractivity (Wildman–Crippen MR) is 78.4 cm³/mol. The Balaban J connectivity index is 2.03. The molecule has 0 radical (unpaired) electrons. The minimum absolute atomic E-state index is 0.184. The zero-order valence-electron chi connectivity index (χ0n) is 12.4. The van der Waals surface area contributed by atoms with E-state index in [1.807, 2.05) is 0 Å². The molecule has 1 saturated carbocycles. The first-order valence-corrected chi connectivity index (χ1v) is 7.64. The van der Waals surface area contributed by atoms with Crippen LogP contribution in [0.5, 0.6) is 5.75 Å². The number of rotatable bonds is 5. The van der Waals surface area contributed by atoms with Gasteiger partial charge in [-0.05, 0) is 49.1 Å². The molecule has 2 nitrogen and oxygen atoms in total. The molecule has 0 saturated heterocycles. The van der Waals surface area contributed by atoms with E-state index < -0.39 is 0 Å². The van der Waals surface area contributed by atoms with Crippen molar-refractivity contribution >= 4 is 0 Å². The van der Waals surface area contributed by atoms with Gasteiger partial charge in [-0.15, -0.1) is 0 Å². The van der Waals surface area contributed by atoms with Crippen LogP contribution in [-0.2, 0) is 6.42 Å². The molecule has 1 aliphatic carbocycles. The Morgan fingerprint density at radius 3 is 2.80 bits per heavy atom. The van der Waals surface area contributed by atoms with Crippen molar-refractivity contribution in [1.82, 2.24) is 0 Å². The van der Waals surface area contributed by atoms with Crippen molar-refractivity contribution in [1.29, 1.82) is 0 Å². The highest BCUT2D eigenvalue weighted by Gasteiger charge is 2.29. The molecule has 1 aromatic rings. The lowest BCUT2D eigenvalue weighted by Gasteiger charge is -2.33. The third-order valence-electron chi connectivity index (χ3n) is 4.49. The summed E-state index contributed by atoms with van der Waals surface area (Å²) < 4.78 is 19.0. The molecule has 1 aliphatic rings. The lowest BCUT2D eigenvalue weighted by molar-refractivity contribution is 0.0459. The summed E-state index contributed by atoms with van der Waals surface area (Å²) in [7, 11) is 1.54. The summed E-state index contributed by atoms with van der Waals surface area (Å²) in [6.07, 6.45) is 5.71. The molecule has 3 atom stereocenters. The summed E-state index contributed by atoms with van der Waals surface area (Å²) in [6.45, 7) is 2.20. The molecule has 0 aromatic heterocycles. The average molecular weight is 280 g/mol. The number of hydrogen-bond donors (Lipinski definition) is 1. The second kappa shape index (κ2) is 7.07. The van der Waals surface area contributed by atoms with Gasteiger partial charge in [0, 0.05) is 6.07 Å². The van der Waals surface area contributed by atoms with E-state index in [1.54, 1.807) is 12.1 Å². The summed E-state index contributed by atoms with van der Waals surface area (Å²) in [5, 5.41) is 10.2. The quantitative estimate of drug-likeness (QED) is 0.884. The zero-order chi connectivity index (χ0) is 14.5. The van der Waals surface area contributed by atoms with Crippen LogP contribution in [0.25, 0.3) is 0 Å². The van der Waals surface area contributed by atoms with Gasteiger partial charge in [0.1, 0.15) is 11.6 Å². The van der Waals surface area contributed by atoms with Crippen LogP contribution < -0.4 is 4.74 Å². The van der Waals surface area contributed by atoms with E-state index in [-0.39, 0.29) is 17.8 Å². The van der Waals surface area contributed by atoms with Gasteiger partial charge in [0.25, 0.3) is 0 Å². The van der Waals surface area contributed by atoms with E-state index in [1.165, 1.54) is 26.0 Å². The first-order chi connectivity index (χ1) is 9.63. The normalized spacial score (nSPS) is 26.5. The maximum Gasteiger partial charge on any atom is 0.130 e. The molecule has 0 aliphatic heterocycles. The molecule has 3 heteroatoms. The largest absolute Gasteiger partial charge is 0.497 e. The fraction of sp³-hybridized carbons (Fsp3) is 0.647. The number of halogens is 1. The van der Waals surface area contributed by atoms with Gasteiger partial charge in [-0.1, -0.05) is 25.8 Å². The van der Waals surface area contributed by atoms with Gasteiger partial charge in [-0.2, -0.15) is 0 Å². The topological polar surface area (TPSA) is 29.5 Å². The molecule has 0 amide bonds. The predicted octanol–water partition coefficient (Wildman–Crippen LogP) is 3.95. The van der Waals surface area contributed by atoms with E-state index >= 15 is 0 Å². The minimum Gasteiger partial charge on any atom is -0.497 e. The van der Waals surface area contributed by atoms with E-state index in [0.29, 0.717) is 23.7 Å². The first-order valence-electron chi connectivity index (χ1n) is 7.64. The molecule has 0 spiro atoms. The monoisotopic (exact) mass is 280 g/mol. The van der Waals surface area contributed by atoms with Crippen LogP contribution in [0, 0.1) is 17.7 Å². The van der Waals surface area contributed by atoms with Crippen LogP contribution in [0.15, 0.2) is 18.2 Å². The van der Waals surface area contributed by atoms with Crippen LogP contribution in [0.1, 0.15) is 44.6 Å². The Bertz CT molecular complexity index is 433. The third kappa shape index (κ3) is 3.72. The summed E-state index contributed by atoms with van der Waals surface area (Å²) in [6, 6.07) is 5.00. The van der Waals surface area contributed by atoms with Crippen molar-refractivity contribution < 1.29 is 14.2 Å². The van der Waals surface area contributed by atoms with E-state index in [2.05, 4.69) is 6.92 Å². The Morgan fingerprint density at radius 2 is 2.15 bits per heavy atom. The van der Waals surface area contributed by atoms with Gasteiger partial charge in [0.15, 0.2) is 0 Å². The summed E-state index contributed by atoms with van der Waals surface area (Å²) in [5.74, 6) is 1.19. The Morgan fingerprint density at radius 1 is 1.35 bits per heavy atom. The van der Waals surface area contributed by atoms with E-state index in [4.69, 9.17) is 4.74 Å². The lowest BCUT2D eigenvalue weighted by Crippen LogP contribution is -2.30. The van der Waals surface area contributed by atoms with Crippen LogP contribution >= 0.6 is 0 Å². The molecule has 0 heterocycles. The molecule has 20 heavy (non-hydrogen) atoms. The maximum atomic E-state index is 14.0. The van der Waals surface area contributed by atoms with Crippen molar-refractivity contribution in [2.24, 2.45) is 11.8 Å². The molecule has 1 fully saturated rings. The highest BCUT2D eigenvalue weighted by atomic mass is 19.1. The van der Waals surface area contributed by atoms with Crippen molar-refractivity contribution in [3.05, 3.63) is 29.6 Å². The first kappa shape index (κ1) is 15.3. The lowest BCUT2D eigenvalue weighted by atomic mass is 9.75. The SMILES string of the molecule is CCCC1CCC(O)C(Cc2ccc(OC)cc2F)C1. The fourth-order valence-corrected chi connectivity index (χ4v) is 3.34. The third-order valence-corrected chi connectivity index (χ3v) is 4.49. The number of aliphatic hydroxyl groups excluding tert-OH is 1. The molecule has 1 N–H and O–H groups in total. The molecule has 112 valence electrons. The number of ether oxygens (including phenoxy) is 1. The number of benzene rings is 1. The summed E-state index contributed by atoms with van der Waals surface area (Å²) in [4.78, 5) is 0. The van der Waals surface area contributed by atoms with Gasteiger partial charge in [0.05, 0.1) is 13.2 Å². The highest BCUT2D eigenvalue weighted by Crippen LogP contribution is 2.34. The maximum absolute atomic E-state index is 14.0. The van der Waals surface area contributed by atoms with Crippen molar-refractivity contribution in [3.63, 3.8) is 0 Å². The van der Waals surface area contributed by atoms with Gasteiger partial charge >= 0.3 is 0 Å². The summed E-state index contributed by atoms with van der Waals surface area (Å²) in [5.41, 5.74) is 0.687. The van der Waals surface area contributed by atoms with Gasteiger partial charge < -0.3 is 9.84 Å². The molecule has 0 bridgehead atoms. The van der Waals surface area contributed by atoms with Gasteiger partial charge in [-0.3, -0.25) is 0 Å². The van der Waals surface area contributed by atoms with Crippen molar-refractivity contribution in [2.75, 3.05) is 7.11 Å². The van der Waals surface area contributed by atoms with Crippen molar-refractivity contribution in [3.8, 4) is 5.75 Å². The molecule has 2 rings (SSSR count). The second-order valence-corrected chi connectivity index (χ2v) is 5.96. The van der Waals surface area contributed by atoms with Gasteiger partial charge in [0.2, 0.25) is 0 Å². The van der Waals surface area contributed by atoms with E-state index in [0.717, 1.165) is 19.3 Å². The molecule has 3 unspecified atom stereocenters. The smallest absolute Gasteiger partial charge is 0.130 e. The van der Waals surface area contributed by atoms with Crippen LogP contribution in [0.3, 0.4) is 0 Å². The van der Waals surface area contributed by atoms with Crippen LogP contribution in [0.4, 0.5) is 4.39 Å². The van der Waals surface area contributed by atoms with Gasteiger partial charge in [-0.25, -0.2) is 4.39 Å². The summed E-state index contributed by atoms with van der Waals surface area (Å²) >= 11 is 0. The Hall–Kier alpha value is -1.09. The van der Waals surface area contributed by atoms with Crippen LogP contribution in [-0.4, -0.2) is 18.3 Å². The Labute approximate surface area is 121 Å². The average Bonchev–Trinajstić information content (AvgIpc) is 2.44. The van der Waals surface area contributed by atoms with E-state index in [9.17, 15) is 9.50 Å². The van der Waals surface area contributed by atoms with Crippen molar-refractivity contribution in [2.45, 2.75) is 51.6 Å². The molecule has 1 aromatic carbocycles. The Kier molecular flexibility index (Phi) is 5.41. The molecular weight excluding hydrogens is 255 g/mol. The van der Waals surface area contributed by atoms with Crippen LogP contribution in [0.2, 0.25) is 0 Å². The highest BCUT2D eigenvalue weighted by molar-refractivity contribution is 5.29. The minimum atomic E-state index is -0.287. The second-order valence-electron chi connectivity index (χ2n) is 5.96.